The summed E-state index contributed by atoms with van der Waals surface area (Å²) in [5, 5.41) is 10.9. The summed E-state index contributed by atoms with van der Waals surface area (Å²) in [7, 11) is 0. The molecular weight excluding hydrogens is 238 g/mol. The van der Waals surface area contributed by atoms with Gasteiger partial charge < -0.3 is 4.74 Å². The van der Waals surface area contributed by atoms with E-state index in [0.29, 0.717) is 23.8 Å². The second-order valence-corrected chi connectivity index (χ2v) is 4.31. The Kier molecular flexibility index (Phi) is 5.28. The van der Waals surface area contributed by atoms with Gasteiger partial charge in [0, 0.05) is 11.5 Å². The highest BCUT2D eigenvalue weighted by atomic mass is 32.1. The Morgan fingerprint density at radius 1 is 1.53 bits per heavy atom. The topological polar surface area (TPSA) is 52.4 Å². The first-order chi connectivity index (χ1) is 8.10. The van der Waals surface area contributed by atoms with Crippen molar-refractivity contribution in [3.63, 3.8) is 0 Å². The van der Waals surface area contributed by atoms with Crippen LogP contribution < -0.4 is 4.74 Å². The minimum absolute atomic E-state index is 0.0570. The maximum Gasteiger partial charge on any atom is 0.313 e. The largest absolute Gasteiger partial charge is 0.486 e. The normalized spacial score (nSPS) is 12.2. The van der Waals surface area contributed by atoms with Crippen molar-refractivity contribution >= 4 is 18.3 Å². The molecule has 0 spiro atoms. The van der Waals surface area contributed by atoms with Crippen molar-refractivity contribution in [1.82, 2.24) is 0 Å². The van der Waals surface area contributed by atoms with Gasteiger partial charge in [0.2, 0.25) is 0 Å². The number of aryl methyl sites for hydroxylation is 1. The van der Waals surface area contributed by atoms with Crippen LogP contribution >= 0.6 is 12.6 Å². The van der Waals surface area contributed by atoms with Gasteiger partial charge in [0.1, 0.15) is 0 Å². The van der Waals surface area contributed by atoms with E-state index in [1.165, 1.54) is 0 Å². The van der Waals surface area contributed by atoms with E-state index in [1.54, 1.807) is 25.1 Å². The number of para-hydroxylation sites is 1. The van der Waals surface area contributed by atoms with E-state index in [-0.39, 0.29) is 5.69 Å². The van der Waals surface area contributed by atoms with Crippen molar-refractivity contribution in [2.24, 2.45) is 5.92 Å². The number of hydrogen-bond donors (Lipinski definition) is 1. The van der Waals surface area contributed by atoms with E-state index < -0.39 is 4.92 Å². The van der Waals surface area contributed by atoms with Crippen LogP contribution in [0.4, 0.5) is 5.69 Å². The number of nitrogens with zero attached hydrogens (tertiary/aromatic N) is 1. The van der Waals surface area contributed by atoms with Gasteiger partial charge in [-0.25, -0.2) is 0 Å². The van der Waals surface area contributed by atoms with Crippen LogP contribution in [-0.2, 0) is 0 Å². The molecule has 0 radical (unpaired) electrons. The zero-order valence-electron chi connectivity index (χ0n) is 10.0. The average molecular weight is 255 g/mol. The minimum Gasteiger partial charge on any atom is -0.486 e. The molecule has 17 heavy (non-hydrogen) atoms. The SMILES string of the molecule is CCC(CS)COc1cccc(C)c1[N+](=O)[O-]. The molecule has 94 valence electrons. The number of rotatable bonds is 6. The van der Waals surface area contributed by atoms with Gasteiger partial charge in [0.05, 0.1) is 11.5 Å². The third-order valence-electron chi connectivity index (χ3n) is 2.69. The van der Waals surface area contributed by atoms with Gasteiger partial charge in [-0.1, -0.05) is 19.1 Å². The predicted molar refractivity (Wildman–Crippen MR) is 71.0 cm³/mol. The fourth-order valence-electron chi connectivity index (χ4n) is 1.49. The molecule has 0 saturated heterocycles. The highest BCUT2D eigenvalue weighted by Gasteiger charge is 2.18. The molecule has 0 heterocycles. The van der Waals surface area contributed by atoms with Crippen molar-refractivity contribution in [3.8, 4) is 5.75 Å². The molecule has 1 aromatic carbocycles. The number of thiol groups is 1. The lowest BCUT2D eigenvalue weighted by molar-refractivity contribution is -0.386. The van der Waals surface area contributed by atoms with Gasteiger partial charge in [0.15, 0.2) is 5.75 Å². The van der Waals surface area contributed by atoms with Crippen molar-refractivity contribution < 1.29 is 9.66 Å². The van der Waals surface area contributed by atoms with Crippen molar-refractivity contribution in [1.29, 1.82) is 0 Å². The van der Waals surface area contributed by atoms with Gasteiger partial charge in [-0.15, -0.1) is 0 Å². The first kappa shape index (κ1) is 13.8. The molecule has 0 saturated carbocycles. The van der Waals surface area contributed by atoms with Crippen LogP contribution in [-0.4, -0.2) is 17.3 Å². The highest BCUT2D eigenvalue weighted by Crippen LogP contribution is 2.30. The molecule has 1 rings (SSSR count). The number of ether oxygens (including phenoxy) is 1. The Hall–Kier alpha value is -1.23. The molecule has 5 heteroatoms. The third-order valence-corrected chi connectivity index (χ3v) is 3.21. The summed E-state index contributed by atoms with van der Waals surface area (Å²) in [6.07, 6.45) is 0.948. The summed E-state index contributed by atoms with van der Waals surface area (Å²) in [4.78, 5) is 10.5. The molecule has 4 nitrogen and oxygen atoms in total. The molecule has 0 N–H and O–H groups in total. The summed E-state index contributed by atoms with van der Waals surface area (Å²) in [6.45, 7) is 4.22. The van der Waals surface area contributed by atoms with Crippen LogP contribution in [0, 0.1) is 23.0 Å². The number of benzene rings is 1. The van der Waals surface area contributed by atoms with E-state index in [0.717, 1.165) is 12.2 Å². The molecule has 0 aliphatic carbocycles. The second-order valence-electron chi connectivity index (χ2n) is 3.95. The predicted octanol–water partition coefficient (Wildman–Crippen LogP) is 3.24. The first-order valence-corrected chi connectivity index (χ1v) is 6.21. The van der Waals surface area contributed by atoms with E-state index in [9.17, 15) is 10.1 Å². The second kappa shape index (κ2) is 6.49. The number of nitro benzene ring substituents is 1. The smallest absolute Gasteiger partial charge is 0.313 e. The highest BCUT2D eigenvalue weighted by molar-refractivity contribution is 7.80. The maximum atomic E-state index is 10.9. The summed E-state index contributed by atoms with van der Waals surface area (Å²) in [5.41, 5.74) is 0.674. The molecule has 1 atom stereocenters. The zero-order valence-corrected chi connectivity index (χ0v) is 10.9. The maximum absolute atomic E-state index is 10.9. The number of hydrogen-bond acceptors (Lipinski definition) is 4. The minimum atomic E-state index is -0.397. The van der Waals surface area contributed by atoms with Gasteiger partial charge >= 0.3 is 5.69 Å². The van der Waals surface area contributed by atoms with Gasteiger partial charge in [0.25, 0.3) is 0 Å². The lowest BCUT2D eigenvalue weighted by Crippen LogP contribution is -2.13. The van der Waals surface area contributed by atoms with Gasteiger partial charge in [-0.3, -0.25) is 10.1 Å². The molecule has 0 amide bonds. The van der Waals surface area contributed by atoms with E-state index in [2.05, 4.69) is 19.6 Å². The van der Waals surface area contributed by atoms with Crippen LogP contribution in [0.3, 0.4) is 0 Å². The fraction of sp³-hybridized carbons (Fsp3) is 0.500. The average Bonchev–Trinajstić information content (AvgIpc) is 2.29. The lowest BCUT2D eigenvalue weighted by Gasteiger charge is -2.13. The summed E-state index contributed by atoms with van der Waals surface area (Å²) < 4.78 is 5.53. The van der Waals surface area contributed by atoms with Crippen molar-refractivity contribution in [2.45, 2.75) is 20.3 Å². The zero-order chi connectivity index (χ0) is 12.8. The summed E-state index contributed by atoms with van der Waals surface area (Å²) in [5.74, 6) is 1.38. The van der Waals surface area contributed by atoms with E-state index >= 15 is 0 Å². The van der Waals surface area contributed by atoms with Crippen molar-refractivity contribution in [3.05, 3.63) is 33.9 Å². The van der Waals surface area contributed by atoms with E-state index in [4.69, 9.17) is 4.74 Å². The van der Waals surface area contributed by atoms with E-state index in [1.807, 2.05) is 0 Å². The third kappa shape index (κ3) is 3.63. The van der Waals surface area contributed by atoms with Crippen LogP contribution in [0.2, 0.25) is 0 Å². The Labute approximate surface area is 107 Å². The Morgan fingerprint density at radius 3 is 2.76 bits per heavy atom. The first-order valence-electron chi connectivity index (χ1n) is 5.57. The molecule has 1 aromatic rings. The lowest BCUT2D eigenvalue weighted by atomic mass is 10.1. The van der Waals surface area contributed by atoms with Crippen LogP contribution in [0.15, 0.2) is 18.2 Å². The molecule has 1 unspecified atom stereocenters. The quantitative estimate of drug-likeness (QED) is 0.482. The number of nitro groups is 1. The van der Waals surface area contributed by atoms with Crippen molar-refractivity contribution in [2.75, 3.05) is 12.4 Å². The molecule has 0 fully saturated rings. The standard InChI is InChI=1S/C12H17NO3S/c1-3-10(8-17)7-16-11-6-4-5-9(2)12(11)13(14)15/h4-6,10,17H,3,7-8H2,1-2H3. The molecule has 0 bridgehead atoms. The van der Waals surface area contributed by atoms with Crippen LogP contribution in [0.1, 0.15) is 18.9 Å². The molecule has 0 aliphatic rings. The Balaban J connectivity index is 2.84. The fourth-order valence-corrected chi connectivity index (χ4v) is 1.85. The summed E-state index contributed by atoms with van der Waals surface area (Å²) >= 11 is 4.22. The molecular formula is C12H17NO3S. The Bertz CT molecular complexity index is 391. The summed E-state index contributed by atoms with van der Waals surface area (Å²) in [6, 6.07) is 5.11. The van der Waals surface area contributed by atoms with Crippen LogP contribution in [0.5, 0.6) is 5.75 Å². The Morgan fingerprint density at radius 2 is 2.24 bits per heavy atom. The molecule has 0 aliphatic heterocycles. The van der Waals surface area contributed by atoms with Gasteiger partial charge in [-0.05, 0) is 25.2 Å². The van der Waals surface area contributed by atoms with Gasteiger partial charge in [-0.2, -0.15) is 12.6 Å². The monoisotopic (exact) mass is 255 g/mol. The van der Waals surface area contributed by atoms with Crippen LogP contribution in [0.25, 0.3) is 0 Å². The molecule has 0 aromatic heterocycles.